The number of hydrogen-bond donors (Lipinski definition) is 0. The van der Waals surface area contributed by atoms with E-state index in [1.54, 1.807) is 0 Å². The number of fused-ring (bicyclic) bond motifs is 7. The normalized spacial score (nSPS) is 12.9. The predicted octanol–water partition coefficient (Wildman–Crippen LogP) is 15.5. The van der Waals surface area contributed by atoms with Crippen molar-refractivity contribution in [2.75, 3.05) is 4.90 Å². The Morgan fingerprint density at radius 3 is 1.75 bits per heavy atom. The Morgan fingerprint density at radius 1 is 0.404 bits per heavy atom. The lowest BCUT2D eigenvalue weighted by atomic mass is 9.82. The first kappa shape index (κ1) is 33.2. The molecule has 10 aromatic rings. The highest BCUT2D eigenvalue weighted by Crippen LogP contribution is 2.54. The van der Waals surface area contributed by atoms with Crippen LogP contribution in [0.5, 0.6) is 0 Å². The Labute approximate surface area is 332 Å². The maximum absolute atomic E-state index is 6.37. The number of benzene rings is 9. The van der Waals surface area contributed by atoms with E-state index >= 15 is 0 Å². The Morgan fingerprint density at radius 2 is 0.965 bits per heavy atom. The van der Waals surface area contributed by atoms with Crippen LogP contribution in [0.15, 0.2) is 205 Å². The summed E-state index contributed by atoms with van der Waals surface area (Å²) in [5.41, 5.74) is 17.5. The molecule has 0 saturated heterocycles. The Hall–Kier alpha value is -7.16. The van der Waals surface area contributed by atoms with Crippen molar-refractivity contribution in [3.8, 4) is 44.5 Å². The molecule has 11 rings (SSSR count). The number of para-hydroxylation sites is 3. The van der Waals surface area contributed by atoms with Gasteiger partial charge in [-0.05, 0) is 91.7 Å². The first-order chi connectivity index (χ1) is 28.1. The number of hydrogen-bond acceptors (Lipinski definition) is 2. The van der Waals surface area contributed by atoms with Gasteiger partial charge in [-0.1, -0.05) is 178 Å². The van der Waals surface area contributed by atoms with Crippen molar-refractivity contribution in [3.05, 3.63) is 211 Å². The molecular formula is C55H39NO. The van der Waals surface area contributed by atoms with Gasteiger partial charge in [-0.25, -0.2) is 0 Å². The molecule has 2 nitrogen and oxygen atoms in total. The second kappa shape index (κ2) is 13.0. The highest BCUT2D eigenvalue weighted by atomic mass is 16.3. The molecule has 0 radical (unpaired) electrons. The summed E-state index contributed by atoms with van der Waals surface area (Å²) in [7, 11) is 0. The van der Waals surface area contributed by atoms with Crippen LogP contribution in [0.4, 0.5) is 17.1 Å². The van der Waals surface area contributed by atoms with Gasteiger partial charge < -0.3 is 9.32 Å². The molecule has 57 heavy (non-hydrogen) atoms. The summed E-state index contributed by atoms with van der Waals surface area (Å²) in [4.78, 5) is 2.47. The van der Waals surface area contributed by atoms with Crippen molar-refractivity contribution >= 4 is 49.8 Å². The molecule has 0 aliphatic heterocycles. The summed E-state index contributed by atoms with van der Waals surface area (Å²) in [6, 6.07) is 72.7. The fourth-order valence-electron chi connectivity index (χ4n) is 9.46. The van der Waals surface area contributed by atoms with Crippen molar-refractivity contribution in [1.29, 1.82) is 0 Å². The van der Waals surface area contributed by atoms with Crippen molar-refractivity contribution in [3.63, 3.8) is 0 Å². The maximum atomic E-state index is 6.37. The second-order valence-electron chi connectivity index (χ2n) is 15.6. The molecule has 2 heteroatoms. The maximum Gasteiger partial charge on any atom is 0.135 e. The molecule has 1 heterocycles. The lowest BCUT2D eigenvalue weighted by Crippen LogP contribution is -2.15. The minimum Gasteiger partial charge on any atom is -0.456 e. The molecule has 1 aromatic heterocycles. The average Bonchev–Trinajstić information content (AvgIpc) is 3.75. The van der Waals surface area contributed by atoms with E-state index in [0.717, 1.165) is 44.6 Å². The molecule has 0 amide bonds. The highest BCUT2D eigenvalue weighted by Gasteiger charge is 2.37. The van der Waals surface area contributed by atoms with Crippen LogP contribution in [-0.4, -0.2) is 0 Å². The van der Waals surface area contributed by atoms with E-state index in [-0.39, 0.29) is 5.41 Å². The highest BCUT2D eigenvalue weighted by molar-refractivity contribution is 6.11. The van der Waals surface area contributed by atoms with Gasteiger partial charge in [-0.3, -0.25) is 0 Å². The fourth-order valence-corrected chi connectivity index (χ4v) is 9.46. The first-order valence-electron chi connectivity index (χ1n) is 19.8. The fraction of sp³-hybridized carbons (Fsp3) is 0.0545. The molecule has 9 aromatic carbocycles. The molecule has 0 N–H and O–H groups in total. The number of rotatable bonds is 6. The lowest BCUT2D eigenvalue weighted by Gasteiger charge is -2.31. The third-order valence-corrected chi connectivity index (χ3v) is 12.1. The van der Waals surface area contributed by atoms with Crippen molar-refractivity contribution in [2.24, 2.45) is 0 Å². The Balaban J connectivity index is 1.21. The van der Waals surface area contributed by atoms with Crippen LogP contribution in [-0.2, 0) is 5.41 Å². The number of nitrogens with zero attached hydrogens (tertiary/aromatic N) is 1. The van der Waals surface area contributed by atoms with E-state index in [9.17, 15) is 0 Å². The second-order valence-corrected chi connectivity index (χ2v) is 15.6. The summed E-state index contributed by atoms with van der Waals surface area (Å²) >= 11 is 0. The smallest absolute Gasteiger partial charge is 0.135 e. The van der Waals surface area contributed by atoms with Gasteiger partial charge >= 0.3 is 0 Å². The quantitative estimate of drug-likeness (QED) is 0.169. The van der Waals surface area contributed by atoms with Crippen LogP contribution >= 0.6 is 0 Å². The summed E-state index contributed by atoms with van der Waals surface area (Å²) in [6.45, 7) is 4.71. The van der Waals surface area contributed by atoms with E-state index < -0.39 is 0 Å². The summed E-state index contributed by atoms with van der Waals surface area (Å²) in [6.07, 6.45) is 0. The molecule has 0 fully saturated rings. The van der Waals surface area contributed by atoms with Gasteiger partial charge in [-0.2, -0.15) is 0 Å². The standard InChI is InChI=1S/C55H39NO/c1-55(2)47-28-10-6-24-45(47)54-44(27-16-29-48(54)55)41-22-8-12-31-50(41)56(38-33-34-52-46(35-38)42-23-9-13-32-51(42)57-52)49-30-11-7-21-40(49)43-26-15-20-37-19-14-25-39(53(37)43)36-17-4-3-5-18-36/h3-35H,1-2H3. The van der Waals surface area contributed by atoms with Crippen molar-refractivity contribution in [1.82, 2.24) is 0 Å². The molecule has 270 valence electrons. The Kier molecular flexibility index (Phi) is 7.55. The van der Waals surface area contributed by atoms with Crippen LogP contribution in [0.1, 0.15) is 25.0 Å². The van der Waals surface area contributed by atoms with Crippen LogP contribution in [0, 0.1) is 0 Å². The van der Waals surface area contributed by atoms with E-state index in [1.807, 2.05) is 6.07 Å². The minimum absolute atomic E-state index is 0.110. The predicted molar refractivity (Wildman–Crippen MR) is 240 cm³/mol. The summed E-state index contributed by atoms with van der Waals surface area (Å²) < 4.78 is 6.37. The van der Waals surface area contributed by atoms with Gasteiger partial charge in [0.2, 0.25) is 0 Å². The number of furan rings is 1. The average molecular weight is 730 g/mol. The van der Waals surface area contributed by atoms with Gasteiger partial charge in [0.15, 0.2) is 0 Å². The van der Waals surface area contributed by atoms with Gasteiger partial charge in [0.05, 0.1) is 11.4 Å². The first-order valence-corrected chi connectivity index (χ1v) is 19.8. The molecule has 1 aliphatic carbocycles. The third kappa shape index (κ3) is 5.18. The van der Waals surface area contributed by atoms with Gasteiger partial charge in [-0.15, -0.1) is 0 Å². The van der Waals surface area contributed by atoms with E-state index in [1.165, 1.54) is 60.8 Å². The van der Waals surface area contributed by atoms with Crippen LogP contribution < -0.4 is 4.90 Å². The minimum atomic E-state index is -0.110. The largest absolute Gasteiger partial charge is 0.456 e. The summed E-state index contributed by atoms with van der Waals surface area (Å²) in [5, 5.41) is 4.65. The molecule has 0 atom stereocenters. The molecule has 0 spiro atoms. The molecular weight excluding hydrogens is 691 g/mol. The van der Waals surface area contributed by atoms with Crippen LogP contribution in [0.2, 0.25) is 0 Å². The van der Waals surface area contributed by atoms with Crippen LogP contribution in [0.3, 0.4) is 0 Å². The zero-order valence-electron chi connectivity index (χ0n) is 31.9. The van der Waals surface area contributed by atoms with Crippen molar-refractivity contribution < 1.29 is 4.42 Å². The van der Waals surface area contributed by atoms with E-state index in [2.05, 4.69) is 213 Å². The summed E-state index contributed by atoms with van der Waals surface area (Å²) in [5.74, 6) is 0. The molecule has 0 saturated carbocycles. The van der Waals surface area contributed by atoms with Crippen molar-refractivity contribution in [2.45, 2.75) is 19.3 Å². The van der Waals surface area contributed by atoms with E-state index in [0.29, 0.717) is 0 Å². The van der Waals surface area contributed by atoms with Gasteiger partial charge in [0.1, 0.15) is 11.2 Å². The van der Waals surface area contributed by atoms with Gasteiger partial charge in [0, 0.05) is 33.0 Å². The lowest BCUT2D eigenvalue weighted by molar-refractivity contribution is 0.660. The Bertz CT molecular complexity index is 3160. The molecule has 0 bridgehead atoms. The SMILES string of the molecule is CC1(C)c2ccccc2-c2c(-c3ccccc3N(c3ccc4oc5ccccc5c4c3)c3ccccc3-c3cccc4cccc(-c5ccccc5)c34)cccc21. The third-order valence-electron chi connectivity index (χ3n) is 12.1. The molecule has 1 aliphatic rings. The molecule has 0 unspecified atom stereocenters. The van der Waals surface area contributed by atoms with Crippen LogP contribution in [0.25, 0.3) is 77.2 Å². The number of anilines is 3. The van der Waals surface area contributed by atoms with Gasteiger partial charge in [0.25, 0.3) is 0 Å². The zero-order valence-corrected chi connectivity index (χ0v) is 31.9. The van der Waals surface area contributed by atoms with E-state index in [4.69, 9.17) is 4.42 Å². The monoisotopic (exact) mass is 729 g/mol. The zero-order chi connectivity index (χ0) is 38.1. The topological polar surface area (TPSA) is 16.4 Å².